The van der Waals surface area contributed by atoms with Crippen LogP contribution in [0.1, 0.15) is 12.8 Å². The van der Waals surface area contributed by atoms with E-state index in [0.29, 0.717) is 26.0 Å². The van der Waals surface area contributed by atoms with Crippen molar-refractivity contribution in [1.29, 1.82) is 0 Å². The molecule has 0 radical (unpaired) electrons. The van der Waals surface area contributed by atoms with Crippen molar-refractivity contribution in [3.8, 4) is 0 Å². The zero-order valence-electron chi connectivity index (χ0n) is 12.6. The van der Waals surface area contributed by atoms with Gasteiger partial charge in [-0.1, -0.05) is 18.2 Å². The molecule has 6 nitrogen and oxygen atoms in total. The van der Waals surface area contributed by atoms with Gasteiger partial charge < -0.3 is 19.5 Å². The topological polar surface area (TPSA) is 76.1 Å². The van der Waals surface area contributed by atoms with Gasteiger partial charge in [0.2, 0.25) is 5.91 Å². The largest absolute Gasteiger partial charge is 0.481 e. The quantitative estimate of drug-likeness (QED) is 0.557. The second-order valence-electron chi connectivity index (χ2n) is 6.05. The highest BCUT2D eigenvalue weighted by Gasteiger charge is 2.70. The highest BCUT2D eigenvalue weighted by molar-refractivity contribution is 5.91. The Kier molecular flexibility index (Phi) is 3.82. The van der Waals surface area contributed by atoms with Crippen LogP contribution < -0.4 is 0 Å². The number of carboxylic acid groups (broad SMARTS) is 1. The van der Waals surface area contributed by atoms with Crippen molar-refractivity contribution in [3.63, 3.8) is 0 Å². The van der Waals surface area contributed by atoms with E-state index in [1.807, 2.05) is 6.08 Å². The molecule has 0 saturated carbocycles. The average Bonchev–Trinajstić information content (AvgIpc) is 3.11. The normalized spacial score (nSPS) is 38.6. The fourth-order valence-electron chi connectivity index (χ4n) is 4.12. The first-order valence-electron chi connectivity index (χ1n) is 7.57. The van der Waals surface area contributed by atoms with Crippen LogP contribution in [-0.2, 0) is 19.1 Å². The smallest absolute Gasteiger partial charge is 0.310 e. The maximum absolute atomic E-state index is 12.8. The molecule has 3 rings (SSSR count). The van der Waals surface area contributed by atoms with E-state index in [2.05, 4.69) is 6.58 Å². The summed E-state index contributed by atoms with van der Waals surface area (Å²) in [5.74, 6) is -2.52. The molecular formula is C16H21NO5. The van der Waals surface area contributed by atoms with E-state index in [1.165, 1.54) is 0 Å². The molecule has 0 aliphatic carbocycles. The number of amides is 1. The first-order chi connectivity index (χ1) is 10.6. The summed E-state index contributed by atoms with van der Waals surface area (Å²) in [6.07, 6.45) is 6.24. The Morgan fingerprint density at radius 2 is 2.41 bits per heavy atom. The lowest BCUT2D eigenvalue weighted by Gasteiger charge is -2.32. The molecule has 2 bridgehead atoms. The molecule has 3 aliphatic rings. The Labute approximate surface area is 129 Å². The maximum atomic E-state index is 12.8. The first kappa shape index (κ1) is 15.2. The highest BCUT2D eigenvalue weighted by Crippen LogP contribution is 2.55. The number of fused-ring (bicyclic) bond motifs is 1. The van der Waals surface area contributed by atoms with Gasteiger partial charge in [0.05, 0.1) is 18.1 Å². The third-order valence-electron chi connectivity index (χ3n) is 4.95. The van der Waals surface area contributed by atoms with Crippen LogP contribution in [0.15, 0.2) is 24.8 Å². The molecule has 0 aromatic heterocycles. The van der Waals surface area contributed by atoms with Crippen LogP contribution in [0.2, 0.25) is 0 Å². The molecule has 3 aliphatic heterocycles. The van der Waals surface area contributed by atoms with E-state index in [9.17, 15) is 14.7 Å². The lowest BCUT2D eigenvalue weighted by Crippen LogP contribution is -2.45. The van der Waals surface area contributed by atoms with Crippen molar-refractivity contribution in [2.75, 3.05) is 20.3 Å². The lowest BCUT2D eigenvalue weighted by molar-refractivity contribution is -0.148. The zero-order valence-corrected chi connectivity index (χ0v) is 12.6. The maximum Gasteiger partial charge on any atom is 0.310 e. The molecule has 1 N–H and O–H groups in total. The van der Waals surface area contributed by atoms with E-state index >= 15 is 0 Å². The van der Waals surface area contributed by atoms with E-state index in [0.717, 1.165) is 0 Å². The van der Waals surface area contributed by atoms with Crippen LogP contribution in [0.3, 0.4) is 0 Å². The Balaban J connectivity index is 1.92. The Bertz CT molecular complexity index is 531. The van der Waals surface area contributed by atoms with Gasteiger partial charge in [-0.25, -0.2) is 0 Å². The minimum absolute atomic E-state index is 0.123. The number of hydrogen-bond acceptors (Lipinski definition) is 4. The Hall–Kier alpha value is -1.66. The molecule has 120 valence electrons. The number of aliphatic carboxylic acids is 1. The van der Waals surface area contributed by atoms with Crippen LogP contribution in [0.5, 0.6) is 0 Å². The third kappa shape index (κ3) is 1.94. The number of hydrogen-bond donors (Lipinski definition) is 1. The monoisotopic (exact) mass is 307 g/mol. The number of methoxy groups -OCH3 is 1. The first-order valence-corrected chi connectivity index (χ1v) is 7.57. The van der Waals surface area contributed by atoms with Crippen LogP contribution in [0, 0.1) is 11.8 Å². The van der Waals surface area contributed by atoms with Gasteiger partial charge in [0.15, 0.2) is 0 Å². The predicted octanol–water partition coefficient (Wildman–Crippen LogP) is 0.834. The predicted molar refractivity (Wildman–Crippen MR) is 78.2 cm³/mol. The van der Waals surface area contributed by atoms with E-state index in [4.69, 9.17) is 9.47 Å². The minimum Gasteiger partial charge on any atom is -0.481 e. The van der Waals surface area contributed by atoms with Gasteiger partial charge in [-0.3, -0.25) is 9.59 Å². The lowest BCUT2D eigenvalue weighted by atomic mass is 9.74. The van der Waals surface area contributed by atoms with Gasteiger partial charge in [0.1, 0.15) is 11.5 Å². The summed E-state index contributed by atoms with van der Waals surface area (Å²) in [7, 11) is 1.62. The molecule has 3 heterocycles. The summed E-state index contributed by atoms with van der Waals surface area (Å²) < 4.78 is 11.0. The van der Waals surface area contributed by atoms with Crippen molar-refractivity contribution < 1.29 is 24.2 Å². The van der Waals surface area contributed by atoms with E-state index in [-0.39, 0.29) is 11.9 Å². The van der Waals surface area contributed by atoms with Gasteiger partial charge in [-0.05, 0) is 12.8 Å². The fraction of sp³-hybridized carbons (Fsp3) is 0.625. The van der Waals surface area contributed by atoms with Gasteiger partial charge in [0, 0.05) is 20.3 Å². The summed E-state index contributed by atoms with van der Waals surface area (Å²) in [6.45, 7) is 4.87. The highest BCUT2D eigenvalue weighted by atomic mass is 16.5. The van der Waals surface area contributed by atoms with Gasteiger partial charge in [-0.15, -0.1) is 6.58 Å². The summed E-state index contributed by atoms with van der Waals surface area (Å²) in [5, 5.41) is 9.49. The van der Waals surface area contributed by atoms with Crippen molar-refractivity contribution in [1.82, 2.24) is 4.90 Å². The van der Waals surface area contributed by atoms with Crippen LogP contribution in [0.25, 0.3) is 0 Å². The molecule has 0 unspecified atom stereocenters. The zero-order chi connectivity index (χ0) is 15.9. The van der Waals surface area contributed by atoms with E-state index < -0.39 is 29.5 Å². The number of carboxylic acids is 1. The number of likely N-dealkylation sites (tertiary alicyclic amines) is 1. The summed E-state index contributed by atoms with van der Waals surface area (Å²) in [6, 6.07) is -0.190. The van der Waals surface area contributed by atoms with Crippen molar-refractivity contribution in [2.24, 2.45) is 11.8 Å². The Morgan fingerprint density at radius 1 is 1.64 bits per heavy atom. The second-order valence-corrected chi connectivity index (χ2v) is 6.05. The van der Waals surface area contributed by atoms with Gasteiger partial charge in [0.25, 0.3) is 0 Å². The van der Waals surface area contributed by atoms with Crippen LogP contribution in [0.4, 0.5) is 0 Å². The fourth-order valence-corrected chi connectivity index (χ4v) is 4.12. The Morgan fingerprint density at radius 3 is 3.05 bits per heavy atom. The SMILES string of the molecule is C=CC[C@@H]1N(CCCOC)C(=O)[C@H]2[C@H](C(=O)O)[C@@H]3C=C[C@]12O3. The molecule has 22 heavy (non-hydrogen) atoms. The number of nitrogens with zero attached hydrogens (tertiary/aromatic N) is 1. The van der Waals surface area contributed by atoms with Crippen molar-refractivity contribution in [2.45, 2.75) is 30.6 Å². The summed E-state index contributed by atoms with van der Waals surface area (Å²) in [5.41, 5.74) is -0.813. The second kappa shape index (κ2) is 5.52. The summed E-state index contributed by atoms with van der Waals surface area (Å²) >= 11 is 0. The molecule has 5 atom stereocenters. The minimum atomic E-state index is -0.967. The van der Waals surface area contributed by atoms with Crippen LogP contribution in [-0.4, -0.2) is 59.9 Å². The summed E-state index contributed by atoms with van der Waals surface area (Å²) in [4.78, 5) is 26.2. The van der Waals surface area contributed by atoms with E-state index in [1.54, 1.807) is 24.2 Å². The molecular weight excluding hydrogens is 286 g/mol. The van der Waals surface area contributed by atoms with Gasteiger partial charge in [-0.2, -0.15) is 0 Å². The molecule has 6 heteroatoms. The molecule has 2 fully saturated rings. The number of rotatable bonds is 7. The molecule has 0 aromatic rings. The molecule has 1 spiro atoms. The third-order valence-corrected chi connectivity index (χ3v) is 4.95. The average molecular weight is 307 g/mol. The number of ether oxygens (including phenoxy) is 2. The van der Waals surface area contributed by atoms with Crippen molar-refractivity contribution >= 4 is 11.9 Å². The molecule has 2 saturated heterocycles. The van der Waals surface area contributed by atoms with Crippen molar-refractivity contribution in [3.05, 3.63) is 24.8 Å². The van der Waals surface area contributed by atoms with Gasteiger partial charge >= 0.3 is 5.97 Å². The standard InChI is InChI=1S/C16H21NO5/c1-3-5-11-16-7-6-10(22-16)12(15(19)20)13(16)14(18)17(11)8-4-9-21-2/h3,6-7,10-13H,1,4-5,8-9H2,2H3,(H,19,20)/t10-,11-,12+,13+,16-/m0/s1. The molecule has 1 amide bonds. The number of carbonyl (C=O) groups excluding carboxylic acids is 1. The molecule has 0 aromatic carbocycles. The van der Waals surface area contributed by atoms with Crippen LogP contribution >= 0.6 is 0 Å². The number of carbonyl (C=O) groups is 2.